The smallest absolute Gasteiger partial charge is 0.416 e. The highest BCUT2D eigenvalue weighted by Gasteiger charge is 2.30. The number of phenols is 1. The number of aromatic nitrogens is 1. The van der Waals surface area contributed by atoms with Gasteiger partial charge in [-0.15, -0.1) is 0 Å². The van der Waals surface area contributed by atoms with Crippen molar-refractivity contribution >= 4 is 22.7 Å². The third kappa shape index (κ3) is 4.40. The van der Waals surface area contributed by atoms with E-state index in [1.165, 1.54) is 0 Å². The molecule has 0 spiro atoms. The summed E-state index contributed by atoms with van der Waals surface area (Å²) in [4.78, 5) is 25.4. The van der Waals surface area contributed by atoms with Crippen LogP contribution in [0.4, 0.5) is 17.6 Å². The largest absolute Gasteiger partial charge is 0.505 e. The summed E-state index contributed by atoms with van der Waals surface area (Å²) in [6.07, 6.45) is -4.67. The molecule has 2 N–H and O–H groups in total. The Labute approximate surface area is 175 Å². The molecule has 1 aromatic heterocycles. The number of fused-ring (bicyclic) bond motifs is 1. The highest BCUT2D eigenvalue weighted by Crippen LogP contribution is 2.33. The average molecular weight is 436 g/mol. The van der Waals surface area contributed by atoms with Crippen molar-refractivity contribution in [2.45, 2.75) is 39.4 Å². The fourth-order valence-electron chi connectivity index (χ4n) is 3.44. The number of benzene rings is 2. The SMILES string of the molecule is Cc1c(CC(=O)NC(C)C)c2cc(O)c(F)cc2n1C(=O)c1ccc(C(F)(F)F)cc1. The molecule has 0 aliphatic heterocycles. The van der Waals surface area contributed by atoms with Gasteiger partial charge in [-0.2, -0.15) is 13.2 Å². The van der Waals surface area contributed by atoms with E-state index in [9.17, 15) is 32.3 Å². The van der Waals surface area contributed by atoms with Crippen molar-refractivity contribution in [3.05, 3.63) is 64.6 Å². The normalized spacial score (nSPS) is 11.9. The number of carbonyl (C=O) groups excluding carboxylic acids is 2. The first-order chi connectivity index (χ1) is 14.4. The molecule has 3 aromatic rings. The van der Waals surface area contributed by atoms with Crippen LogP contribution in [0.25, 0.3) is 10.9 Å². The summed E-state index contributed by atoms with van der Waals surface area (Å²) in [5.41, 5.74) is -0.114. The maximum Gasteiger partial charge on any atom is 0.416 e. The topological polar surface area (TPSA) is 71.3 Å². The van der Waals surface area contributed by atoms with Gasteiger partial charge in [0.1, 0.15) is 0 Å². The van der Waals surface area contributed by atoms with Gasteiger partial charge in [-0.3, -0.25) is 14.2 Å². The zero-order valence-corrected chi connectivity index (χ0v) is 17.0. The van der Waals surface area contributed by atoms with Gasteiger partial charge < -0.3 is 10.4 Å². The van der Waals surface area contributed by atoms with Gasteiger partial charge in [0.15, 0.2) is 11.6 Å². The van der Waals surface area contributed by atoms with Crippen molar-refractivity contribution in [3.63, 3.8) is 0 Å². The molecule has 3 rings (SSSR count). The lowest BCUT2D eigenvalue weighted by atomic mass is 10.1. The Kier molecular flexibility index (Phi) is 5.80. The van der Waals surface area contributed by atoms with Crippen molar-refractivity contribution in [2.24, 2.45) is 0 Å². The summed E-state index contributed by atoms with van der Waals surface area (Å²) in [6, 6.07) is 5.63. The number of halogens is 4. The first-order valence-corrected chi connectivity index (χ1v) is 9.44. The maximum atomic E-state index is 14.1. The Morgan fingerprint density at radius 2 is 1.74 bits per heavy atom. The number of amides is 1. The van der Waals surface area contributed by atoms with Gasteiger partial charge in [0.05, 0.1) is 17.5 Å². The van der Waals surface area contributed by atoms with Crippen LogP contribution in [0.1, 0.15) is 41.0 Å². The second kappa shape index (κ2) is 8.05. The Hall–Kier alpha value is -3.36. The number of alkyl halides is 3. The Morgan fingerprint density at radius 1 is 1.13 bits per heavy atom. The zero-order valence-electron chi connectivity index (χ0n) is 17.0. The van der Waals surface area contributed by atoms with E-state index in [4.69, 9.17) is 0 Å². The summed E-state index contributed by atoms with van der Waals surface area (Å²) in [5, 5.41) is 12.8. The standard InChI is InChI=1S/C22H20F4N2O3/c1-11(2)27-20(30)9-15-12(3)28(18-10-17(23)19(29)8-16(15)18)21(31)13-4-6-14(7-5-13)22(24,25)26/h4-8,10-11,29H,9H2,1-3H3,(H,27,30). The Morgan fingerprint density at radius 3 is 2.29 bits per heavy atom. The molecule has 0 saturated heterocycles. The van der Waals surface area contributed by atoms with Crippen molar-refractivity contribution in [1.29, 1.82) is 0 Å². The molecule has 0 fully saturated rings. The van der Waals surface area contributed by atoms with Crippen LogP contribution in [0.5, 0.6) is 5.75 Å². The lowest BCUT2D eigenvalue weighted by Gasteiger charge is -2.10. The van der Waals surface area contributed by atoms with Crippen LogP contribution in [-0.4, -0.2) is 27.5 Å². The molecule has 2 aromatic carbocycles. The van der Waals surface area contributed by atoms with Crippen LogP contribution < -0.4 is 5.32 Å². The molecular formula is C22H20F4N2O3. The summed E-state index contributed by atoms with van der Waals surface area (Å²) in [6.45, 7) is 5.11. The maximum absolute atomic E-state index is 14.1. The van der Waals surface area contributed by atoms with Gasteiger partial charge in [-0.1, -0.05) is 0 Å². The summed E-state index contributed by atoms with van der Waals surface area (Å²) in [7, 11) is 0. The second-order valence-electron chi connectivity index (χ2n) is 7.50. The molecule has 0 bridgehead atoms. The van der Waals surface area contributed by atoms with E-state index in [0.29, 0.717) is 16.6 Å². The number of nitrogens with one attached hydrogen (secondary N) is 1. The number of nitrogens with zero attached hydrogens (tertiary/aromatic N) is 1. The van der Waals surface area contributed by atoms with Gasteiger partial charge in [0.2, 0.25) is 5.91 Å². The highest BCUT2D eigenvalue weighted by atomic mass is 19.4. The second-order valence-corrected chi connectivity index (χ2v) is 7.50. The van der Waals surface area contributed by atoms with Gasteiger partial charge in [-0.05, 0) is 56.7 Å². The van der Waals surface area contributed by atoms with Gasteiger partial charge in [-0.25, -0.2) is 4.39 Å². The minimum atomic E-state index is -4.55. The molecule has 0 aliphatic rings. The summed E-state index contributed by atoms with van der Waals surface area (Å²) in [5.74, 6) is -2.62. The van der Waals surface area contributed by atoms with Crippen LogP contribution in [0.3, 0.4) is 0 Å². The van der Waals surface area contributed by atoms with Gasteiger partial charge >= 0.3 is 6.18 Å². The third-order valence-electron chi connectivity index (χ3n) is 4.85. The van der Waals surface area contributed by atoms with Crippen molar-refractivity contribution < 1.29 is 32.3 Å². The van der Waals surface area contributed by atoms with Gasteiger partial charge in [0, 0.05) is 28.8 Å². The molecule has 0 radical (unpaired) electrons. The number of rotatable bonds is 4. The molecule has 0 atom stereocenters. The quantitative estimate of drug-likeness (QED) is 0.589. The fourth-order valence-corrected chi connectivity index (χ4v) is 3.44. The third-order valence-corrected chi connectivity index (χ3v) is 4.85. The number of hydrogen-bond acceptors (Lipinski definition) is 3. The van der Waals surface area contributed by atoms with E-state index in [2.05, 4.69) is 5.32 Å². The first kappa shape index (κ1) is 22.3. The monoisotopic (exact) mass is 436 g/mol. The minimum absolute atomic E-state index is 0.0420. The predicted molar refractivity (Wildman–Crippen MR) is 106 cm³/mol. The van der Waals surface area contributed by atoms with Crippen LogP contribution in [0, 0.1) is 12.7 Å². The van der Waals surface area contributed by atoms with E-state index < -0.39 is 29.2 Å². The van der Waals surface area contributed by atoms with Crippen LogP contribution in [0.15, 0.2) is 36.4 Å². The van der Waals surface area contributed by atoms with E-state index in [-0.39, 0.29) is 29.4 Å². The van der Waals surface area contributed by atoms with E-state index >= 15 is 0 Å². The van der Waals surface area contributed by atoms with Crippen LogP contribution >= 0.6 is 0 Å². The fraction of sp³-hybridized carbons (Fsp3) is 0.273. The first-order valence-electron chi connectivity index (χ1n) is 9.44. The highest BCUT2D eigenvalue weighted by molar-refractivity contribution is 6.05. The van der Waals surface area contributed by atoms with Crippen molar-refractivity contribution in [2.75, 3.05) is 0 Å². The van der Waals surface area contributed by atoms with Crippen LogP contribution in [-0.2, 0) is 17.4 Å². The Balaban J connectivity index is 2.13. The average Bonchev–Trinajstić information content (AvgIpc) is 2.91. The molecule has 0 unspecified atom stereocenters. The molecule has 0 aliphatic carbocycles. The summed E-state index contributed by atoms with van der Waals surface area (Å²) < 4.78 is 53.7. The molecule has 9 heteroatoms. The minimum Gasteiger partial charge on any atom is -0.505 e. The lowest BCUT2D eigenvalue weighted by Crippen LogP contribution is -2.31. The van der Waals surface area contributed by atoms with E-state index in [0.717, 1.165) is 41.0 Å². The van der Waals surface area contributed by atoms with Crippen LogP contribution in [0.2, 0.25) is 0 Å². The number of carbonyl (C=O) groups is 2. The van der Waals surface area contributed by atoms with Crippen molar-refractivity contribution in [1.82, 2.24) is 9.88 Å². The molecule has 164 valence electrons. The summed E-state index contributed by atoms with van der Waals surface area (Å²) >= 11 is 0. The molecular weight excluding hydrogens is 416 g/mol. The van der Waals surface area contributed by atoms with Crippen molar-refractivity contribution in [3.8, 4) is 5.75 Å². The molecule has 1 amide bonds. The van der Waals surface area contributed by atoms with E-state index in [1.807, 2.05) is 0 Å². The number of phenolic OH excluding ortho intramolecular Hbond substituents is 1. The number of aromatic hydroxyl groups is 1. The molecule has 0 saturated carbocycles. The van der Waals surface area contributed by atoms with E-state index in [1.54, 1.807) is 20.8 Å². The van der Waals surface area contributed by atoms with Gasteiger partial charge in [0.25, 0.3) is 5.91 Å². The Bertz CT molecular complexity index is 1160. The zero-order chi connectivity index (χ0) is 23.1. The molecule has 5 nitrogen and oxygen atoms in total. The molecule has 31 heavy (non-hydrogen) atoms. The number of hydrogen-bond donors (Lipinski definition) is 2. The lowest BCUT2D eigenvalue weighted by molar-refractivity contribution is -0.137. The predicted octanol–water partition coefficient (Wildman–Crippen LogP) is 4.57. The molecule has 1 heterocycles.